The summed E-state index contributed by atoms with van der Waals surface area (Å²) >= 11 is 5.83. The summed E-state index contributed by atoms with van der Waals surface area (Å²) < 4.78 is 0. The lowest BCUT2D eigenvalue weighted by atomic mass is 9.98. The van der Waals surface area contributed by atoms with Gasteiger partial charge in [-0.1, -0.05) is 32.0 Å². The van der Waals surface area contributed by atoms with E-state index in [9.17, 15) is 0 Å². The lowest BCUT2D eigenvalue weighted by molar-refractivity contribution is 0.185. The van der Waals surface area contributed by atoms with Gasteiger partial charge in [-0.15, -0.1) is 0 Å². The van der Waals surface area contributed by atoms with Gasteiger partial charge in [0.1, 0.15) is 0 Å². The predicted octanol–water partition coefficient (Wildman–Crippen LogP) is 2.45. The topological polar surface area (TPSA) is 15.3 Å². The van der Waals surface area contributed by atoms with E-state index >= 15 is 0 Å². The van der Waals surface area contributed by atoms with Crippen LogP contribution in [0.25, 0.3) is 0 Å². The zero-order valence-electron chi connectivity index (χ0n) is 9.93. The van der Waals surface area contributed by atoms with Crippen LogP contribution in [0.3, 0.4) is 0 Å². The van der Waals surface area contributed by atoms with Gasteiger partial charge in [0.15, 0.2) is 0 Å². The van der Waals surface area contributed by atoms with Crippen LogP contribution < -0.4 is 5.32 Å². The molecule has 1 heterocycles. The van der Waals surface area contributed by atoms with Gasteiger partial charge < -0.3 is 5.32 Å². The Hall–Kier alpha value is -0.0500. The van der Waals surface area contributed by atoms with E-state index in [1.165, 1.54) is 19.4 Å². The SMILES string of the molecule is C=C(Cl)CN1CCCC(CNC(C)C)C1. The fourth-order valence-corrected chi connectivity index (χ4v) is 2.28. The number of halogens is 1. The highest BCUT2D eigenvalue weighted by Gasteiger charge is 2.19. The Morgan fingerprint density at radius 3 is 2.93 bits per heavy atom. The van der Waals surface area contributed by atoms with Gasteiger partial charge in [0, 0.05) is 24.2 Å². The molecule has 1 aliphatic rings. The summed E-state index contributed by atoms with van der Waals surface area (Å²) in [5, 5.41) is 4.26. The van der Waals surface area contributed by atoms with Crippen molar-refractivity contribution in [1.29, 1.82) is 0 Å². The number of hydrogen-bond acceptors (Lipinski definition) is 2. The first-order valence-corrected chi connectivity index (χ1v) is 6.24. The molecule has 0 bridgehead atoms. The fraction of sp³-hybridized carbons (Fsp3) is 0.833. The first-order valence-electron chi connectivity index (χ1n) is 5.87. The summed E-state index contributed by atoms with van der Waals surface area (Å²) in [6.45, 7) is 12.5. The summed E-state index contributed by atoms with van der Waals surface area (Å²) in [4.78, 5) is 2.41. The first kappa shape index (κ1) is 13.0. The molecule has 1 rings (SSSR count). The molecule has 0 radical (unpaired) electrons. The lowest BCUT2D eigenvalue weighted by Crippen LogP contribution is -2.41. The maximum absolute atomic E-state index is 5.83. The van der Waals surface area contributed by atoms with Gasteiger partial charge in [0.05, 0.1) is 0 Å². The molecular formula is C12H23ClN2. The molecule has 1 atom stereocenters. The van der Waals surface area contributed by atoms with Gasteiger partial charge in [-0.25, -0.2) is 0 Å². The Morgan fingerprint density at radius 2 is 2.33 bits per heavy atom. The molecular weight excluding hydrogens is 208 g/mol. The second-order valence-corrected chi connectivity index (χ2v) is 5.36. The molecule has 1 saturated heterocycles. The second-order valence-electron chi connectivity index (χ2n) is 4.82. The second kappa shape index (κ2) is 6.51. The molecule has 2 nitrogen and oxygen atoms in total. The Morgan fingerprint density at radius 1 is 1.60 bits per heavy atom. The van der Waals surface area contributed by atoms with Crippen LogP contribution >= 0.6 is 11.6 Å². The first-order chi connectivity index (χ1) is 7.08. The molecule has 1 fully saturated rings. The van der Waals surface area contributed by atoms with E-state index in [4.69, 9.17) is 11.6 Å². The van der Waals surface area contributed by atoms with E-state index in [0.717, 1.165) is 30.6 Å². The standard InChI is InChI=1S/C12H23ClN2/c1-10(2)14-7-12-5-4-6-15(9-12)8-11(3)13/h10,12,14H,3-9H2,1-2H3. The summed E-state index contributed by atoms with van der Waals surface area (Å²) in [7, 11) is 0. The summed E-state index contributed by atoms with van der Waals surface area (Å²) in [6, 6.07) is 0.586. The molecule has 88 valence electrons. The molecule has 0 saturated carbocycles. The maximum atomic E-state index is 5.83. The van der Waals surface area contributed by atoms with Crippen molar-refractivity contribution in [1.82, 2.24) is 10.2 Å². The van der Waals surface area contributed by atoms with Crippen molar-refractivity contribution < 1.29 is 0 Å². The number of nitrogens with one attached hydrogen (secondary N) is 1. The van der Waals surface area contributed by atoms with Crippen molar-refractivity contribution in [2.45, 2.75) is 32.7 Å². The highest BCUT2D eigenvalue weighted by molar-refractivity contribution is 6.29. The molecule has 1 aliphatic heterocycles. The monoisotopic (exact) mass is 230 g/mol. The third-order valence-electron chi connectivity index (χ3n) is 2.81. The number of likely N-dealkylation sites (tertiary alicyclic amines) is 1. The third-order valence-corrected chi connectivity index (χ3v) is 2.93. The highest BCUT2D eigenvalue weighted by atomic mass is 35.5. The zero-order valence-corrected chi connectivity index (χ0v) is 10.7. The van der Waals surface area contributed by atoms with E-state index < -0.39 is 0 Å². The number of hydrogen-bond donors (Lipinski definition) is 1. The van der Waals surface area contributed by atoms with Crippen LogP contribution in [-0.4, -0.2) is 37.1 Å². The van der Waals surface area contributed by atoms with Crippen molar-refractivity contribution in [3.63, 3.8) is 0 Å². The van der Waals surface area contributed by atoms with Crippen LogP contribution in [0.2, 0.25) is 0 Å². The Labute approximate surface area is 98.7 Å². The molecule has 0 aromatic carbocycles. The average molecular weight is 231 g/mol. The number of piperidine rings is 1. The van der Waals surface area contributed by atoms with Gasteiger partial charge in [0.25, 0.3) is 0 Å². The van der Waals surface area contributed by atoms with Crippen LogP contribution in [0, 0.1) is 5.92 Å². The van der Waals surface area contributed by atoms with Crippen LogP contribution in [0.1, 0.15) is 26.7 Å². The number of rotatable bonds is 5. The molecule has 3 heteroatoms. The van der Waals surface area contributed by atoms with Crippen molar-refractivity contribution >= 4 is 11.6 Å². The molecule has 0 aromatic rings. The zero-order chi connectivity index (χ0) is 11.3. The smallest absolute Gasteiger partial charge is 0.0335 e. The minimum absolute atomic E-state index is 0.586. The van der Waals surface area contributed by atoms with Gasteiger partial charge in [0.2, 0.25) is 0 Å². The van der Waals surface area contributed by atoms with Crippen LogP contribution in [0.15, 0.2) is 11.6 Å². The Kier molecular flexibility index (Phi) is 5.65. The summed E-state index contributed by atoms with van der Waals surface area (Å²) in [5.41, 5.74) is 0. The summed E-state index contributed by atoms with van der Waals surface area (Å²) in [6.07, 6.45) is 2.62. The van der Waals surface area contributed by atoms with Crippen LogP contribution in [0.4, 0.5) is 0 Å². The van der Waals surface area contributed by atoms with E-state index in [1.54, 1.807) is 0 Å². The minimum atomic E-state index is 0.586. The molecule has 0 aromatic heterocycles. The van der Waals surface area contributed by atoms with Crippen LogP contribution in [-0.2, 0) is 0 Å². The van der Waals surface area contributed by atoms with E-state index in [-0.39, 0.29) is 0 Å². The fourth-order valence-electron chi connectivity index (χ4n) is 2.11. The molecule has 0 amide bonds. The van der Waals surface area contributed by atoms with Gasteiger partial charge in [-0.2, -0.15) is 0 Å². The van der Waals surface area contributed by atoms with Gasteiger partial charge in [-0.05, 0) is 31.8 Å². The normalized spacial score (nSPS) is 23.3. The van der Waals surface area contributed by atoms with Crippen molar-refractivity contribution in [3.8, 4) is 0 Å². The van der Waals surface area contributed by atoms with E-state index in [1.807, 2.05) is 0 Å². The highest BCUT2D eigenvalue weighted by Crippen LogP contribution is 2.17. The molecule has 0 spiro atoms. The molecule has 1 N–H and O–H groups in total. The predicted molar refractivity (Wildman–Crippen MR) is 67.3 cm³/mol. The quantitative estimate of drug-likeness (QED) is 0.781. The Balaban J connectivity index is 2.25. The van der Waals surface area contributed by atoms with Crippen molar-refractivity contribution in [2.75, 3.05) is 26.2 Å². The minimum Gasteiger partial charge on any atom is -0.314 e. The number of nitrogens with zero attached hydrogens (tertiary/aromatic N) is 1. The lowest BCUT2D eigenvalue weighted by Gasteiger charge is -2.33. The largest absolute Gasteiger partial charge is 0.314 e. The van der Waals surface area contributed by atoms with Crippen molar-refractivity contribution in [2.24, 2.45) is 5.92 Å². The van der Waals surface area contributed by atoms with Crippen molar-refractivity contribution in [3.05, 3.63) is 11.6 Å². The maximum Gasteiger partial charge on any atom is 0.0335 e. The third kappa shape index (κ3) is 5.55. The van der Waals surface area contributed by atoms with E-state index in [0.29, 0.717) is 6.04 Å². The van der Waals surface area contributed by atoms with Gasteiger partial charge >= 0.3 is 0 Å². The molecule has 1 unspecified atom stereocenters. The van der Waals surface area contributed by atoms with Crippen LogP contribution in [0.5, 0.6) is 0 Å². The Bertz CT molecular complexity index is 204. The average Bonchev–Trinajstić information content (AvgIpc) is 2.14. The summed E-state index contributed by atoms with van der Waals surface area (Å²) in [5.74, 6) is 0.775. The van der Waals surface area contributed by atoms with Gasteiger partial charge in [-0.3, -0.25) is 4.90 Å². The molecule has 15 heavy (non-hydrogen) atoms. The van der Waals surface area contributed by atoms with E-state index in [2.05, 4.69) is 30.6 Å². The molecule has 0 aliphatic carbocycles.